The molecular weight excluding hydrogens is 212 g/mol. The molecule has 0 aromatic heterocycles. The highest BCUT2D eigenvalue weighted by Gasteiger charge is 2.25. The van der Waals surface area contributed by atoms with Gasteiger partial charge in [0.05, 0.1) is 12.2 Å². The van der Waals surface area contributed by atoms with E-state index in [2.05, 4.69) is 5.32 Å². The number of nitrogen functional groups attached to an aromatic ring is 1. The lowest BCUT2D eigenvalue weighted by atomic mass is 10.2. The molecule has 84 valence electrons. The van der Waals surface area contributed by atoms with Crippen LogP contribution in [0.5, 0.6) is 0 Å². The molecule has 1 rings (SSSR count). The second-order valence-electron chi connectivity index (χ2n) is 3.07. The molecule has 0 saturated heterocycles. The molecule has 1 aromatic carbocycles. The molecule has 6 heteroatoms. The molecule has 0 aliphatic heterocycles. The molecule has 0 atom stereocenters. The van der Waals surface area contributed by atoms with Gasteiger partial charge >= 0.3 is 6.18 Å². The van der Waals surface area contributed by atoms with Crippen LogP contribution in [0.15, 0.2) is 18.2 Å². The molecule has 3 N–H and O–H groups in total. The summed E-state index contributed by atoms with van der Waals surface area (Å²) in [5, 5.41) is 2.16. The van der Waals surface area contributed by atoms with Crippen molar-refractivity contribution in [2.75, 3.05) is 12.3 Å². The highest BCUT2D eigenvalue weighted by Crippen LogP contribution is 2.14. The van der Waals surface area contributed by atoms with Gasteiger partial charge in [0, 0.05) is 6.54 Å². The number of rotatable bonds is 3. The first-order valence-corrected chi connectivity index (χ1v) is 4.20. The van der Waals surface area contributed by atoms with Crippen LogP contribution in [-0.2, 0) is 6.54 Å². The third-order valence-corrected chi connectivity index (χ3v) is 1.72. The van der Waals surface area contributed by atoms with E-state index in [-0.39, 0.29) is 12.2 Å². The fraction of sp³-hybridized carbons (Fsp3) is 0.333. The lowest BCUT2D eigenvalue weighted by Gasteiger charge is -2.08. The zero-order valence-electron chi connectivity index (χ0n) is 7.74. The average Bonchev–Trinajstić information content (AvgIpc) is 2.09. The largest absolute Gasteiger partial charge is 0.401 e. The zero-order chi connectivity index (χ0) is 11.5. The van der Waals surface area contributed by atoms with E-state index in [4.69, 9.17) is 5.73 Å². The molecule has 0 radical (unpaired) electrons. The first kappa shape index (κ1) is 11.8. The van der Waals surface area contributed by atoms with Crippen molar-refractivity contribution < 1.29 is 17.6 Å². The standard InChI is InChI=1S/C9H10F4N2/c10-7-3-6(1-2-8(7)14)4-15-5-9(11,12)13/h1-3,15H,4-5,14H2. The number of alkyl halides is 3. The quantitative estimate of drug-likeness (QED) is 0.606. The Kier molecular flexibility index (Phi) is 3.52. The molecule has 15 heavy (non-hydrogen) atoms. The van der Waals surface area contributed by atoms with Crippen LogP contribution in [0.3, 0.4) is 0 Å². The van der Waals surface area contributed by atoms with E-state index in [0.717, 1.165) is 6.07 Å². The highest BCUT2D eigenvalue weighted by atomic mass is 19.4. The summed E-state index contributed by atoms with van der Waals surface area (Å²) in [5.74, 6) is -0.624. The Morgan fingerprint density at radius 3 is 2.47 bits per heavy atom. The van der Waals surface area contributed by atoms with E-state index in [9.17, 15) is 17.6 Å². The van der Waals surface area contributed by atoms with Gasteiger partial charge in [-0.1, -0.05) is 6.07 Å². The van der Waals surface area contributed by atoms with Crippen molar-refractivity contribution in [3.8, 4) is 0 Å². The number of anilines is 1. The van der Waals surface area contributed by atoms with Crippen molar-refractivity contribution >= 4 is 5.69 Å². The Morgan fingerprint density at radius 2 is 1.93 bits per heavy atom. The van der Waals surface area contributed by atoms with Gasteiger partial charge in [0.2, 0.25) is 0 Å². The van der Waals surface area contributed by atoms with Crippen molar-refractivity contribution in [3.05, 3.63) is 29.6 Å². The van der Waals surface area contributed by atoms with Gasteiger partial charge in [-0.15, -0.1) is 0 Å². The van der Waals surface area contributed by atoms with Crippen molar-refractivity contribution in [3.63, 3.8) is 0 Å². The number of benzene rings is 1. The minimum atomic E-state index is -4.26. The van der Waals surface area contributed by atoms with Crippen LogP contribution < -0.4 is 11.1 Å². The van der Waals surface area contributed by atoms with Gasteiger partial charge in [-0.25, -0.2) is 4.39 Å². The number of nitrogens with two attached hydrogens (primary N) is 1. The summed E-state index contributed by atoms with van der Waals surface area (Å²) in [6.45, 7) is -1.14. The molecule has 0 fully saturated rings. The molecule has 0 saturated carbocycles. The fourth-order valence-corrected chi connectivity index (χ4v) is 1.03. The van der Waals surface area contributed by atoms with Gasteiger partial charge in [0.25, 0.3) is 0 Å². The summed E-state index contributed by atoms with van der Waals surface area (Å²) >= 11 is 0. The molecule has 0 spiro atoms. The topological polar surface area (TPSA) is 38.0 Å². The number of halogens is 4. The average molecular weight is 222 g/mol. The van der Waals surface area contributed by atoms with Crippen molar-refractivity contribution in [2.45, 2.75) is 12.7 Å². The van der Waals surface area contributed by atoms with Crippen LogP contribution >= 0.6 is 0 Å². The molecule has 1 aromatic rings. The predicted octanol–water partition coefficient (Wildman–Crippen LogP) is 2.06. The van der Waals surface area contributed by atoms with E-state index < -0.39 is 18.5 Å². The van der Waals surface area contributed by atoms with Crippen molar-refractivity contribution in [2.24, 2.45) is 0 Å². The summed E-state index contributed by atoms with van der Waals surface area (Å²) in [5.41, 5.74) is 5.61. The lowest BCUT2D eigenvalue weighted by molar-refractivity contribution is -0.125. The summed E-state index contributed by atoms with van der Waals surface area (Å²) < 4.78 is 48.1. The minimum absolute atomic E-state index is 0.0189. The second kappa shape index (κ2) is 4.48. The lowest BCUT2D eigenvalue weighted by Crippen LogP contribution is -2.28. The van der Waals surface area contributed by atoms with Crippen LogP contribution in [-0.4, -0.2) is 12.7 Å². The molecule has 2 nitrogen and oxygen atoms in total. The fourth-order valence-electron chi connectivity index (χ4n) is 1.03. The van der Waals surface area contributed by atoms with E-state index in [1.165, 1.54) is 12.1 Å². The SMILES string of the molecule is Nc1ccc(CNCC(F)(F)F)cc1F. The first-order chi connectivity index (χ1) is 6.88. The normalized spacial score (nSPS) is 11.7. The molecule has 0 unspecified atom stereocenters. The zero-order valence-corrected chi connectivity index (χ0v) is 7.74. The number of hydrogen-bond acceptors (Lipinski definition) is 2. The maximum atomic E-state index is 12.9. The van der Waals surface area contributed by atoms with Crippen molar-refractivity contribution in [1.82, 2.24) is 5.32 Å². The third-order valence-electron chi connectivity index (χ3n) is 1.72. The van der Waals surface area contributed by atoms with Gasteiger partial charge in [0.1, 0.15) is 5.82 Å². The predicted molar refractivity (Wildman–Crippen MR) is 48.6 cm³/mol. The van der Waals surface area contributed by atoms with E-state index in [1.54, 1.807) is 0 Å². The van der Waals surface area contributed by atoms with Gasteiger partial charge in [-0.05, 0) is 17.7 Å². The Labute approximate surface area is 84.1 Å². The monoisotopic (exact) mass is 222 g/mol. The third kappa shape index (κ3) is 4.16. The van der Waals surface area contributed by atoms with Crippen LogP contribution in [0.1, 0.15) is 5.56 Å². The van der Waals surface area contributed by atoms with Crippen LogP contribution in [0, 0.1) is 5.82 Å². The van der Waals surface area contributed by atoms with E-state index in [1.807, 2.05) is 0 Å². The van der Waals surface area contributed by atoms with Crippen LogP contribution in [0.2, 0.25) is 0 Å². The minimum Gasteiger partial charge on any atom is -0.396 e. The molecule has 0 heterocycles. The second-order valence-corrected chi connectivity index (χ2v) is 3.07. The Hall–Kier alpha value is -1.30. The van der Waals surface area contributed by atoms with Gasteiger partial charge < -0.3 is 11.1 Å². The van der Waals surface area contributed by atoms with Gasteiger partial charge in [-0.3, -0.25) is 0 Å². The maximum Gasteiger partial charge on any atom is 0.401 e. The number of hydrogen-bond donors (Lipinski definition) is 2. The van der Waals surface area contributed by atoms with Gasteiger partial charge in [0.15, 0.2) is 0 Å². The van der Waals surface area contributed by atoms with Gasteiger partial charge in [-0.2, -0.15) is 13.2 Å². The summed E-state index contributed by atoms with van der Waals surface area (Å²) in [4.78, 5) is 0. The van der Waals surface area contributed by atoms with E-state index >= 15 is 0 Å². The summed E-state index contributed by atoms with van der Waals surface area (Å²) in [6.07, 6.45) is -4.26. The van der Waals surface area contributed by atoms with Crippen LogP contribution in [0.4, 0.5) is 23.2 Å². The Morgan fingerprint density at radius 1 is 1.27 bits per heavy atom. The van der Waals surface area contributed by atoms with Crippen LogP contribution in [0.25, 0.3) is 0 Å². The summed E-state index contributed by atoms with van der Waals surface area (Å²) in [7, 11) is 0. The van der Waals surface area contributed by atoms with E-state index in [0.29, 0.717) is 5.56 Å². The molecule has 0 aliphatic carbocycles. The van der Waals surface area contributed by atoms with Crippen molar-refractivity contribution in [1.29, 1.82) is 0 Å². The molecule has 0 amide bonds. The summed E-state index contributed by atoms with van der Waals surface area (Å²) in [6, 6.07) is 3.90. The molecular formula is C9H10F4N2. The highest BCUT2D eigenvalue weighted by molar-refractivity contribution is 5.41. The Bertz CT molecular complexity index is 335. The maximum absolute atomic E-state index is 12.9. The molecule has 0 bridgehead atoms. The first-order valence-electron chi connectivity index (χ1n) is 4.20. The Balaban J connectivity index is 2.48. The number of nitrogens with one attached hydrogen (secondary N) is 1. The molecule has 0 aliphatic rings. The smallest absolute Gasteiger partial charge is 0.396 e.